The first kappa shape index (κ1) is 14.9. The summed E-state index contributed by atoms with van der Waals surface area (Å²) < 4.78 is 0. The molecule has 0 radical (unpaired) electrons. The molecule has 0 spiro atoms. The normalized spacial score (nSPS) is 19.3. The van der Waals surface area contributed by atoms with E-state index in [0.29, 0.717) is 5.92 Å². The van der Waals surface area contributed by atoms with Crippen molar-refractivity contribution in [3.8, 4) is 0 Å². The third-order valence-corrected chi connectivity index (χ3v) is 4.38. The van der Waals surface area contributed by atoms with Gasteiger partial charge in [0.05, 0.1) is 0 Å². The number of nitrogens with zero attached hydrogens (tertiary/aromatic N) is 2. The number of guanidine groups is 1. The number of carbonyl (C=O) groups excluding carboxylic acids is 1. The minimum absolute atomic E-state index is 0.158. The van der Waals surface area contributed by atoms with Gasteiger partial charge >= 0.3 is 0 Å². The van der Waals surface area contributed by atoms with Crippen LogP contribution in [0.15, 0.2) is 35.3 Å². The Hall–Kier alpha value is -2.04. The van der Waals surface area contributed by atoms with E-state index in [1.165, 1.54) is 0 Å². The fourth-order valence-electron chi connectivity index (χ4n) is 3.00. The monoisotopic (exact) mass is 300 g/mol. The molecule has 3 rings (SSSR count). The van der Waals surface area contributed by atoms with Gasteiger partial charge in [0.25, 0.3) is 5.91 Å². The molecule has 0 aromatic heterocycles. The maximum absolute atomic E-state index is 12.4. The SMILES string of the molecule is O=C(c1ccccc1)N1CCC(CNC2=NCCCN2)CC1. The number of hydrogen-bond donors (Lipinski definition) is 2. The molecule has 0 aliphatic carbocycles. The van der Waals surface area contributed by atoms with Gasteiger partial charge in [0.15, 0.2) is 5.96 Å². The van der Waals surface area contributed by atoms with E-state index in [0.717, 1.165) is 63.5 Å². The Morgan fingerprint density at radius 3 is 2.73 bits per heavy atom. The molecular weight excluding hydrogens is 276 g/mol. The first-order chi connectivity index (χ1) is 10.8. The summed E-state index contributed by atoms with van der Waals surface area (Å²) in [4.78, 5) is 18.8. The summed E-state index contributed by atoms with van der Waals surface area (Å²) >= 11 is 0. The standard InChI is InChI=1S/C17H24N4O/c22-16(15-5-2-1-3-6-15)21-11-7-14(8-12-21)13-20-17-18-9-4-10-19-17/h1-3,5-6,14H,4,7-13H2,(H2,18,19,20). The molecule has 0 saturated carbocycles. The lowest BCUT2D eigenvalue weighted by molar-refractivity contribution is 0.0691. The van der Waals surface area contributed by atoms with Crippen molar-refractivity contribution in [2.75, 3.05) is 32.7 Å². The molecule has 118 valence electrons. The fraction of sp³-hybridized carbons (Fsp3) is 0.529. The molecule has 22 heavy (non-hydrogen) atoms. The Bertz CT molecular complexity index is 521. The highest BCUT2D eigenvalue weighted by atomic mass is 16.2. The summed E-state index contributed by atoms with van der Waals surface area (Å²) in [5, 5.41) is 6.68. The van der Waals surface area contributed by atoms with Crippen molar-refractivity contribution in [1.29, 1.82) is 0 Å². The summed E-state index contributed by atoms with van der Waals surface area (Å²) in [7, 11) is 0. The number of nitrogens with one attached hydrogen (secondary N) is 2. The average molecular weight is 300 g/mol. The van der Waals surface area contributed by atoms with Crippen molar-refractivity contribution in [2.45, 2.75) is 19.3 Å². The van der Waals surface area contributed by atoms with Crippen LogP contribution in [-0.2, 0) is 0 Å². The highest BCUT2D eigenvalue weighted by molar-refractivity contribution is 5.94. The van der Waals surface area contributed by atoms with Gasteiger partial charge in [-0.1, -0.05) is 18.2 Å². The second-order valence-electron chi connectivity index (χ2n) is 5.99. The van der Waals surface area contributed by atoms with Crippen molar-refractivity contribution in [1.82, 2.24) is 15.5 Å². The molecule has 2 aliphatic rings. The zero-order chi connectivity index (χ0) is 15.2. The summed E-state index contributed by atoms with van der Waals surface area (Å²) in [5.74, 6) is 1.71. The van der Waals surface area contributed by atoms with E-state index in [2.05, 4.69) is 15.6 Å². The molecule has 2 N–H and O–H groups in total. The fourth-order valence-corrected chi connectivity index (χ4v) is 3.00. The van der Waals surface area contributed by atoms with Gasteiger partial charge in [-0.3, -0.25) is 9.79 Å². The van der Waals surface area contributed by atoms with Gasteiger partial charge in [-0.05, 0) is 37.3 Å². The minimum Gasteiger partial charge on any atom is -0.356 e. The molecule has 0 bridgehead atoms. The number of hydrogen-bond acceptors (Lipinski definition) is 4. The lowest BCUT2D eigenvalue weighted by Crippen LogP contribution is -2.45. The van der Waals surface area contributed by atoms with Crippen molar-refractivity contribution in [3.63, 3.8) is 0 Å². The molecule has 2 aliphatic heterocycles. The van der Waals surface area contributed by atoms with E-state index >= 15 is 0 Å². The van der Waals surface area contributed by atoms with Crippen LogP contribution in [0.3, 0.4) is 0 Å². The highest BCUT2D eigenvalue weighted by Crippen LogP contribution is 2.18. The Kier molecular flexibility index (Phi) is 4.93. The maximum Gasteiger partial charge on any atom is 0.253 e. The van der Waals surface area contributed by atoms with Crippen LogP contribution < -0.4 is 10.6 Å². The van der Waals surface area contributed by atoms with E-state index in [4.69, 9.17) is 0 Å². The molecule has 5 nitrogen and oxygen atoms in total. The zero-order valence-corrected chi connectivity index (χ0v) is 12.9. The molecular formula is C17H24N4O. The maximum atomic E-state index is 12.4. The number of carbonyl (C=O) groups is 1. The molecule has 1 aromatic carbocycles. The van der Waals surface area contributed by atoms with Gasteiger partial charge in [-0.15, -0.1) is 0 Å². The van der Waals surface area contributed by atoms with Crippen molar-refractivity contribution in [2.24, 2.45) is 10.9 Å². The molecule has 0 unspecified atom stereocenters. The lowest BCUT2D eigenvalue weighted by Gasteiger charge is -2.32. The number of amides is 1. The lowest BCUT2D eigenvalue weighted by atomic mass is 9.96. The summed E-state index contributed by atoms with van der Waals surface area (Å²) in [6.07, 6.45) is 3.23. The zero-order valence-electron chi connectivity index (χ0n) is 12.9. The Labute approximate surface area is 131 Å². The second-order valence-corrected chi connectivity index (χ2v) is 5.99. The number of aliphatic imine (C=N–C) groups is 1. The molecule has 1 amide bonds. The smallest absolute Gasteiger partial charge is 0.253 e. The van der Waals surface area contributed by atoms with Crippen LogP contribution in [0.25, 0.3) is 0 Å². The largest absolute Gasteiger partial charge is 0.356 e. The Morgan fingerprint density at radius 1 is 1.27 bits per heavy atom. The van der Waals surface area contributed by atoms with Gasteiger partial charge in [-0.25, -0.2) is 0 Å². The number of benzene rings is 1. The van der Waals surface area contributed by atoms with Gasteiger partial charge in [0.1, 0.15) is 0 Å². The number of piperidine rings is 1. The first-order valence-electron chi connectivity index (χ1n) is 8.19. The van der Waals surface area contributed by atoms with Crippen molar-refractivity contribution in [3.05, 3.63) is 35.9 Å². The summed E-state index contributed by atoms with van der Waals surface area (Å²) in [6.45, 7) is 4.56. The second kappa shape index (κ2) is 7.29. The molecule has 5 heteroatoms. The van der Waals surface area contributed by atoms with Crippen molar-refractivity contribution < 1.29 is 4.79 Å². The molecule has 0 atom stereocenters. The Balaban J connectivity index is 1.44. The van der Waals surface area contributed by atoms with Crippen LogP contribution in [0.2, 0.25) is 0 Å². The van der Waals surface area contributed by atoms with Crippen LogP contribution in [-0.4, -0.2) is 49.5 Å². The van der Waals surface area contributed by atoms with E-state index in [1.54, 1.807) is 0 Å². The third-order valence-electron chi connectivity index (χ3n) is 4.38. The summed E-state index contributed by atoms with van der Waals surface area (Å²) in [6, 6.07) is 9.56. The third kappa shape index (κ3) is 3.78. The number of likely N-dealkylation sites (tertiary alicyclic amines) is 1. The summed E-state index contributed by atoms with van der Waals surface area (Å²) in [5.41, 5.74) is 0.792. The quantitative estimate of drug-likeness (QED) is 0.889. The molecule has 1 fully saturated rings. The van der Waals surface area contributed by atoms with Gasteiger partial charge < -0.3 is 15.5 Å². The molecule has 1 saturated heterocycles. The predicted molar refractivity (Wildman–Crippen MR) is 88.0 cm³/mol. The van der Waals surface area contributed by atoms with Crippen molar-refractivity contribution >= 4 is 11.9 Å². The topological polar surface area (TPSA) is 56.7 Å². The van der Waals surface area contributed by atoms with Crippen LogP contribution in [0.1, 0.15) is 29.6 Å². The van der Waals surface area contributed by atoms with Gasteiger partial charge in [0, 0.05) is 38.3 Å². The van der Waals surface area contributed by atoms with Crippen LogP contribution in [0, 0.1) is 5.92 Å². The number of rotatable bonds is 3. The average Bonchev–Trinajstić information content (AvgIpc) is 2.61. The van der Waals surface area contributed by atoms with Crippen LogP contribution in [0.5, 0.6) is 0 Å². The Morgan fingerprint density at radius 2 is 2.05 bits per heavy atom. The molecule has 1 aromatic rings. The van der Waals surface area contributed by atoms with E-state index < -0.39 is 0 Å². The van der Waals surface area contributed by atoms with Crippen LogP contribution >= 0.6 is 0 Å². The highest BCUT2D eigenvalue weighted by Gasteiger charge is 2.23. The minimum atomic E-state index is 0.158. The predicted octanol–water partition coefficient (Wildman–Crippen LogP) is 1.48. The van der Waals surface area contributed by atoms with Gasteiger partial charge in [-0.2, -0.15) is 0 Å². The molecule has 2 heterocycles. The first-order valence-corrected chi connectivity index (χ1v) is 8.19. The van der Waals surface area contributed by atoms with E-state index in [1.807, 2.05) is 35.2 Å². The van der Waals surface area contributed by atoms with Gasteiger partial charge in [0.2, 0.25) is 0 Å². The van der Waals surface area contributed by atoms with E-state index in [-0.39, 0.29) is 5.91 Å². The van der Waals surface area contributed by atoms with E-state index in [9.17, 15) is 4.79 Å². The van der Waals surface area contributed by atoms with Crippen LogP contribution in [0.4, 0.5) is 0 Å².